The van der Waals surface area contributed by atoms with Crippen LogP contribution in [0.3, 0.4) is 0 Å². The summed E-state index contributed by atoms with van der Waals surface area (Å²) in [5.41, 5.74) is 0.923. The fraction of sp³-hybridized carbons (Fsp3) is 0.692. The van der Waals surface area contributed by atoms with Crippen molar-refractivity contribution in [3.8, 4) is 0 Å². The molecule has 5 nitrogen and oxygen atoms in total. The van der Waals surface area contributed by atoms with E-state index < -0.39 is 10.0 Å². The molecule has 0 aromatic carbocycles. The molecule has 6 heteroatoms. The van der Waals surface area contributed by atoms with E-state index in [1.54, 1.807) is 12.3 Å². The highest BCUT2D eigenvalue weighted by Crippen LogP contribution is 2.37. The molecule has 2 fully saturated rings. The molecule has 2 aliphatic rings. The Labute approximate surface area is 114 Å². The van der Waals surface area contributed by atoms with Crippen molar-refractivity contribution in [2.75, 3.05) is 6.54 Å². The van der Waals surface area contributed by atoms with Crippen LogP contribution in [0.5, 0.6) is 0 Å². The third-order valence-electron chi connectivity index (χ3n) is 4.00. The van der Waals surface area contributed by atoms with Gasteiger partial charge in [0.05, 0.1) is 4.90 Å². The fourth-order valence-electron chi connectivity index (χ4n) is 2.20. The smallest absolute Gasteiger partial charge is 0.242 e. The Kier molecular flexibility index (Phi) is 3.41. The highest BCUT2D eigenvalue weighted by Gasteiger charge is 2.33. The summed E-state index contributed by atoms with van der Waals surface area (Å²) >= 11 is 0. The number of aromatic amines is 1. The van der Waals surface area contributed by atoms with Crippen LogP contribution in [-0.2, 0) is 16.6 Å². The van der Waals surface area contributed by atoms with E-state index in [1.165, 1.54) is 12.8 Å². The van der Waals surface area contributed by atoms with Crippen LogP contribution >= 0.6 is 0 Å². The molecule has 3 rings (SSSR count). The number of nitrogens with one attached hydrogen (secondary N) is 3. The van der Waals surface area contributed by atoms with Crippen LogP contribution in [-0.4, -0.2) is 26.0 Å². The van der Waals surface area contributed by atoms with Gasteiger partial charge >= 0.3 is 0 Å². The first-order chi connectivity index (χ1) is 9.04. The van der Waals surface area contributed by atoms with Gasteiger partial charge in [-0.2, -0.15) is 0 Å². The van der Waals surface area contributed by atoms with Crippen LogP contribution in [0, 0.1) is 11.8 Å². The lowest BCUT2D eigenvalue weighted by molar-refractivity contribution is 0.574. The molecule has 19 heavy (non-hydrogen) atoms. The molecule has 1 aromatic rings. The minimum absolute atomic E-state index is 0.341. The SMILES string of the molecule is CC1CC1CNS(=O)(=O)c1c[nH]c(CNC2CC2)c1. The summed E-state index contributed by atoms with van der Waals surface area (Å²) in [6.45, 7) is 3.42. The van der Waals surface area contributed by atoms with Gasteiger partial charge in [0.2, 0.25) is 10.0 Å². The lowest BCUT2D eigenvalue weighted by Crippen LogP contribution is -2.25. The largest absolute Gasteiger partial charge is 0.363 e. The van der Waals surface area contributed by atoms with E-state index in [1.807, 2.05) is 0 Å². The summed E-state index contributed by atoms with van der Waals surface area (Å²) in [7, 11) is -3.35. The summed E-state index contributed by atoms with van der Waals surface area (Å²) in [5.74, 6) is 1.18. The topological polar surface area (TPSA) is 74.0 Å². The predicted molar refractivity (Wildman–Crippen MR) is 73.1 cm³/mol. The van der Waals surface area contributed by atoms with Crippen LogP contribution in [0.15, 0.2) is 17.2 Å². The van der Waals surface area contributed by atoms with E-state index >= 15 is 0 Å². The maximum atomic E-state index is 12.1. The quantitative estimate of drug-likeness (QED) is 0.704. The predicted octanol–water partition coefficient (Wildman–Crippen LogP) is 1.20. The molecule has 106 valence electrons. The molecule has 0 bridgehead atoms. The second-order valence-electron chi connectivity index (χ2n) is 5.84. The summed E-state index contributed by atoms with van der Waals surface area (Å²) < 4.78 is 26.9. The Morgan fingerprint density at radius 2 is 2.16 bits per heavy atom. The lowest BCUT2D eigenvalue weighted by Gasteiger charge is -2.03. The molecule has 2 atom stereocenters. The van der Waals surface area contributed by atoms with Gasteiger partial charge in [0, 0.05) is 31.0 Å². The van der Waals surface area contributed by atoms with Crippen molar-refractivity contribution in [3.05, 3.63) is 18.0 Å². The number of hydrogen-bond acceptors (Lipinski definition) is 3. The number of hydrogen-bond donors (Lipinski definition) is 3. The van der Waals surface area contributed by atoms with E-state index in [9.17, 15) is 8.42 Å². The first kappa shape index (κ1) is 13.1. The van der Waals surface area contributed by atoms with Gasteiger partial charge in [-0.3, -0.25) is 0 Å². The van der Waals surface area contributed by atoms with Crippen LogP contribution in [0.1, 0.15) is 31.9 Å². The normalized spacial score (nSPS) is 26.6. The van der Waals surface area contributed by atoms with E-state index in [0.29, 0.717) is 35.9 Å². The second-order valence-corrected chi connectivity index (χ2v) is 7.61. The molecule has 1 aromatic heterocycles. The summed E-state index contributed by atoms with van der Waals surface area (Å²) in [4.78, 5) is 3.37. The molecule has 0 amide bonds. The van der Waals surface area contributed by atoms with Crippen molar-refractivity contribution in [1.29, 1.82) is 0 Å². The standard InChI is InChI=1S/C13H21N3O2S/c1-9-4-10(9)6-16-19(17,18)13-5-12(15-8-13)7-14-11-2-3-11/h5,8-11,14-16H,2-4,6-7H2,1H3. The van der Waals surface area contributed by atoms with Crippen molar-refractivity contribution in [2.24, 2.45) is 11.8 Å². The first-order valence-electron chi connectivity index (χ1n) is 6.95. The van der Waals surface area contributed by atoms with Crippen LogP contribution in [0.2, 0.25) is 0 Å². The van der Waals surface area contributed by atoms with Gasteiger partial charge in [-0.05, 0) is 37.2 Å². The summed E-state index contributed by atoms with van der Waals surface area (Å²) in [5, 5.41) is 3.36. The van der Waals surface area contributed by atoms with Crippen molar-refractivity contribution >= 4 is 10.0 Å². The zero-order valence-corrected chi connectivity index (χ0v) is 12.0. The maximum absolute atomic E-state index is 12.1. The van der Waals surface area contributed by atoms with Gasteiger partial charge in [0.15, 0.2) is 0 Å². The van der Waals surface area contributed by atoms with E-state index in [2.05, 4.69) is 21.9 Å². The van der Waals surface area contributed by atoms with E-state index in [0.717, 1.165) is 12.1 Å². The zero-order valence-electron chi connectivity index (χ0n) is 11.1. The highest BCUT2D eigenvalue weighted by molar-refractivity contribution is 7.89. The average Bonchev–Trinajstić information content (AvgIpc) is 3.26. The molecule has 0 radical (unpaired) electrons. The third-order valence-corrected chi connectivity index (χ3v) is 5.40. The van der Waals surface area contributed by atoms with E-state index in [-0.39, 0.29) is 0 Å². The van der Waals surface area contributed by atoms with Gasteiger partial charge < -0.3 is 10.3 Å². The Hall–Kier alpha value is -0.850. The first-order valence-corrected chi connectivity index (χ1v) is 8.43. The lowest BCUT2D eigenvalue weighted by atomic mass is 10.3. The van der Waals surface area contributed by atoms with Gasteiger partial charge in [-0.15, -0.1) is 0 Å². The van der Waals surface area contributed by atoms with Crippen LogP contribution in [0.4, 0.5) is 0 Å². The number of aromatic nitrogens is 1. The molecule has 2 aliphatic carbocycles. The molecular weight excluding hydrogens is 262 g/mol. The molecular formula is C13H21N3O2S. The van der Waals surface area contributed by atoms with Crippen molar-refractivity contribution in [1.82, 2.24) is 15.0 Å². The van der Waals surface area contributed by atoms with E-state index in [4.69, 9.17) is 0 Å². The monoisotopic (exact) mass is 283 g/mol. The summed E-state index contributed by atoms with van der Waals surface area (Å²) in [6, 6.07) is 2.34. The molecule has 1 heterocycles. The van der Waals surface area contributed by atoms with Crippen molar-refractivity contribution in [3.63, 3.8) is 0 Å². The Morgan fingerprint density at radius 3 is 2.79 bits per heavy atom. The highest BCUT2D eigenvalue weighted by atomic mass is 32.2. The number of H-pyrrole nitrogens is 1. The molecule has 2 saturated carbocycles. The van der Waals surface area contributed by atoms with Crippen LogP contribution < -0.4 is 10.0 Å². The molecule has 0 saturated heterocycles. The van der Waals surface area contributed by atoms with Crippen molar-refractivity contribution < 1.29 is 8.42 Å². The van der Waals surface area contributed by atoms with Crippen LogP contribution in [0.25, 0.3) is 0 Å². The Balaban J connectivity index is 1.56. The Bertz CT molecular complexity index is 548. The van der Waals surface area contributed by atoms with Gasteiger partial charge in [0.25, 0.3) is 0 Å². The maximum Gasteiger partial charge on any atom is 0.242 e. The molecule has 0 spiro atoms. The van der Waals surface area contributed by atoms with Gasteiger partial charge in [-0.1, -0.05) is 6.92 Å². The second kappa shape index (κ2) is 4.92. The fourth-order valence-corrected chi connectivity index (χ4v) is 3.31. The van der Waals surface area contributed by atoms with Gasteiger partial charge in [-0.25, -0.2) is 13.1 Å². The number of rotatable bonds is 7. The Morgan fingerprint density at radius 1 is 1.42 bits per heavy atom. The third kappa shape index (κ3) is 3.38. The minimum atomic E-state index is -3.35. The van der Waals surface area contributed by atoms with Crippen molar-refractivity contribution in [2.45, 2.75) is 43.7 Å². The molecule has 3 N–H and O–H groups in total. The minimum Gasteiger partial charge on any atom is -0.363 e. The zero-order chi connectivity index (χ0) is 13.5. The summed E-state index contributed by atoms with van der Waals surface area (Å²) in [6.07, 6.45) is 5.16. The molecule has 2 unspecified atom stereocenters. The number of sulfonamides is 1. The average molecular weight is 283 g/mol. The van der Waals surface area contributed by atoms with Gasteiger partial charge in [0.1, 0.15) is 0 Å². The molecule has 0 aliphatic heterocycles.